The van der Waals surface area contributed by atoms with E-state index in [1.165, 1.54) is 0 Å². The number of rotatable bonds is 8. The quantitative estimate of drug-likeness (QED) is 0.634. The van der Waals surface area contributed by atoms with Gasteiger partial charge in [0, 0.05) is 13.2 Å². The van der Waals surface area contributed by atoms with Crippen LogP contribution in [0.5, 0.6) is 11.5 Å². The molecule has 2 rings (SSSR count). The van der Waals surface area contributed by atoms with Gasteiger partial charge < -0.3 is 25.0 Å². The molecule has 0 saturated carbocycles. The van der Waals surface area contributed by atoms with Crippen LogP contribution >= 0.6 is 0 Å². The molecule has 0 aromatic heterocycles. The number of benzene rings is 1. The molecule has 0 aliphatic carbocycles. The van der Waals surface area contributed by atoms with Crippen molar-refractivity contribution in [3.05, 3.63) is 23.8 Å². The van der Waals surface area contributed by atoms with Gasteiger partial charge in [0.25, 0.3) is 0 Å². The van der Waals surface area contributed by atoms with E-state index < -0.39 is 6.10 Å². The molecule has 1 heterocycles. The van der Waals surface area contributed by atoms with E-state index in [9.17, 15) is 5.11 Å². The molecular weight excluding hydrogens is 270 g/mol. The molecule has 1 aliphatic rings. The van der Waals surface area contributed by atoms with Crippen LogP contribution in [0.1, 0.15) is 31.4 Å². The minimum Gasteiger partial charge on any atom is -0.486 e. The minimum absolute atomic E-state index is 0.236. The highest BCUT2D eigenvalue weighted by atomic mass is 16.6. The molecule has 1 aliphatic heterocycles. The van der Waals surface area contributed by atoms with Crippen molar-refractivity contribution >= 4 is 0 Å². The first-order valence-electron chi connectivity index (χ1n) is 7.60. The van der Waals surface area contributed by atoms with Gasteiger partial charge >= 0.3 is 0 Å². The molecule has 118 valence electrons. The Morgan fingerprint density at radius 2 is 2.00 bits per heavy atom. The van der Waals surface area contributed by atoms with Crippen LogP contribution in [0.2, 0.25) is 0 Å². The normalized spacial score (nSPS) is 16.5. The van der Waals surface area contributed by atoms with Crippen LogP contribution in [0.4, 0.5) is 0 Å². The van der Waals surface area contributed by atoms with Crippen LogP contribution in [-0.4, -0.2) is 43.1 Å². The van der Waals surface area contributed by atoms with Gasteiger partial charge in [0.15, 0.2) is 11.5 Å². The highest BCUT2D eigenvalue weighted by Gasteiger charge is 2.15. The first kappa shape index (κ1) is 16.1. The number of nitrogens with one attached hydrogen (secondary N) is 1. The van der Waals surface area contributed by atoms with E-state index in [1.54, 1.807) is 0 Å². The summed E-state index contributed by atoms with van der Waals surface area (Å²) in [5.74, 6) is 1.78. The Balaban J connectivity index is 1.74. The lowest BCUT2D eigenvalue weighted by molar-refractivity contribution is 0.163. The van der Waals surface area contributed by atoms with E-state index in [-0.39, 0.29) is 6.61 Å². The lowest BCUT2D eigenvalue weighted by Crippen LogP contribution is -2.23. The Labute approximate surface area is 125 Å². The summed E-state index contributed by atoms with van der Waals surface area (Å²) in [6.07, 6.45) is 1.43. The maximum absolute atomic E-state index is 10.2. The molecular formula is C16H25NO4. The van der Waals surface area contributed by atoms with Gasteiger partial charge in [-0.15, -0.1) is 0 Å². The lowest BCUT2D eigenvalue weighted by atomic mass is 10.1. The first-order chi connectivity index (χ1) is 10.2. The monoisotopic (exact) mass is 295 g/mol. The van der Waals surface area contributed by atoms with Crippen molar-refractivity contribution < 1.29 is 19.7 Å². The van der Waals surface area contributed by atoms with Crippen molar-refractivity contribution in [3.63, 3.8) is 0 Å². The number of aliphatic hydroxyl groups is 2. The number of hydrogen-bond donors (Lipinski definition) is 3. The number of fused-ring (bicyclic) bond motifs is 1. The molecule has 0 saturated heterocycles. The predicted octanol–water partition coefficient (Wildman–Crippen LogP) is 1.49. The SMILES string of the molecule is CC(CO)CCCNCC(O)c1ccc2c(c1)OCCO2. The second kappa shape index (κ2) is 8.22. The number of ether oxygens (including phenoxy) is 2. The summed E-state index contributed by atoms with van der Waals surface area (Å²) in [4.78, 5) is 0. The molecule has 0 fully saturated rings. The largest absolute Gasteiger partial charge is 0.486 e. The molecule has 0 bridgehead atoms. The maximum Gasteiger partial charge on any atom is 0.161 e. The van der Waals surface area contributed by atoms with Gasteiger partial charge in [-0.3, -0.25) is 0 Å². The molecule has 2 unspecified atom stereocenters. The molecule has 1 aromatic carbocycles. The van der Waals surface area contributed by atoms with Crippen LogP contribution < -0.4 is 14.8 Å². The minimum atomic E-state index is -0.559. The zero-order valence-corrected chi connectivity index (χ0v) is 12.5. The summed E-state index contributed by atoms with van der Waals surface area (Å²) < 4.78 is 11.0. The summed E-state index contributed by atoms with van der Waals surface area (Å²) in [5, 5.41) is 22.4. The van der Waals surface area contributed by atoms with Crippen LogP contribution in [0, 0.1) is 5.92 Å². The number of hydrogen-bond acceptors (Lipinski definition) is 5. The summed E-state index contributed by atoms with van der Waals surface area (Å²) >= 11 is 0. The highest BCUT2D eigenvalue weighted by Crippen LogP contribution is 2.32. The van der Waals surface area contributed by atoms with Gasteiger partial charge in [0.2, 0.25) is 0 Å². The molecule has 2 atom stereocenters. The summed E-state index contributed by atoms with van der Waals surface area (Å²) in [6, 6.07) is 5.55. The fourth-order valence-electron chi connectivity index (χ4n) is 2.29. The molecule has 0 radical (unpaired) electrons. The fraction of sp³-hybridized carbons (Fsp3) is 0.625. The van der Waals surface area contributed by atoms with Gasteiger partial charge in [0.05, 0.1) is 6.10 Å². The predicted molar refractivity (Wildman–Crippen MR) is 80.7 cm³/mol. The van der Waals surface area contributed by atoms with E-state index in [4.69, 9.17) is 14.6 Å². The van der Waals surface area contributed by atoms with Crippen molar-refractivity contribution in [1.29, 1.82) is 0 Å². The van der Waals surface area contributed by atoms with Crippen molar-refractivity contribution in [2.24, 2.45) is 5.92 Å². The highest BCUT2D eigenvalue weighted by molar-refractivity contribution is 5.44. The second-order valence-electron chi connectivity index (χ2n) is 5.55. The first-order valence-corrected chi connectivity index (χ1v) is 7.60. The third-order valence-corrected chi connectivity index (χ3v) is 3.65. The van der Waals surface area contributed by atoms with E-state index in [1.807, 2.05) is 25.1 Å². The Morgan fingerprint density at radius 1 is 1.24 bits per heavy atom. The van der Waals surface area contributed by atoms with Crippen LogP contribution in [0.3, 0.4) is 0 Å². The zero-order valence-electron chi connectivity index (χ0n) is 12.5. The topological polar surface area (TPSA) is 71.0 Å². The van der Waals surface area contributed by atoms with E-state index in [2.05, 4.69) is 5.32 Å². The third kappa shape index (κ3) is 4.88. The fourth-order valence-corrected chi connectivity index (χ4v) is 2.29. The standard InChI is InChI=1S/C16H25NO4/c1-12(11-18)3-2-6-17-10-14(19)13-4-5-15-16(9-13)21-8-7-20-15/h4-5,9,12,14,17-19H,2-3,6-8,10-11H2,1H3. The van der Waals surface area contributed by atoms with E-state index in [0.29, 0.717) is 31.4 Å². The maximum atomic E-state index is 10.2. The molecule has 21 heavy (non-hydrogen) atoms. The van der Waals surface area contributed by atoms with Crippen molar-refractivity contribution in [2.45, 2.75) is 25.9 Å². The molecule has 3 N–H and O–H groups in total. The van der Waals surface area contributed by atoms with Gasteiger partial charge in [-0.25, -0.2) is 0 Å². The van der Waals surface area contributed by atoms with Gasteiger partial charge in [-0.05, 0) is 43.0 Å². The van der Waals surface area contributed by atoms with Gasteiger partial charge in [-0.2, -0.15) is 0 Å². The zero-order chi connectivity index (χ0) is 15.1. The van der Waals surface area contributed by atoms with Crippen LogP contribution in [-0.2, 0) is 0 Å². The summed E-state index contributed by atoms with van der Waals surface area (Å²) in [5.41, 5.74) is 0.829. The molecule has 0 spiro atoms. The Kier molecular flexibility index (Phi) is 6.29. The van der Waals surface area contributed by atoms with Gasteiger partial charge in [-0.1, -0.05) is 13.0 Å². The van der Waals surface area contributed by atoms with Crippen LogP contribution in [0.15, 0.2) is 18.2 Å². The Hall–Kier alpha value is -1.30. The molecule has 5 nitrogen and oxygen atoms in total. The number of aliphatic hydroxyl groups excluding tert-OH is 2. The lowest BCUT2D eigenvalue weighted by Gasteiger charge is -2.20. The Morgan fingerprint density at radius 3 is 2.76 bits per heavy atom. The average molecular weight is 295 g/mol. The second-order valence-corrected chi connectivity index (χ2v) is 5.55. The summed E-state index contributed by atoms with van der Waals surface area (Å²) in [7, 11) is 0. The third-order valence-electron chi connectivity index (χ3n) is 3.65. The van der Waals surface area contributed by atoms with E-state index >= 15 is 0 Å². The van der Waals surface area contributed by atoms with Crippen molar-refractivity contribution in [2.75, 3.05) is 32.9 Å². The molecule has 5 heteroatoms. The van der Waals surface area contributed by atoms with Crippen LogP contribution in [0.25, 0.3) is 0 Å². The van der Waals surface area contributed by atoms with Crippen molar-refractivity contribution in [3.8, 4) is 11.5 Å². The molecule has 1 aromatic rings. The smallest absolute Gasteiger partial charge is 0.161 e. The van der Waals surface area contributed by atoms with Gasteiger partial charge in [0.1, 0.15) is 13.2 Å². The van der Waals surface area contributed by atoms with E-state index in [0.717, 1.165) is 30.7 Å². The molecule has 0 amide bonds. The summed E-state index contributed by atoms with van der Waals surface area (Å²) in [6.45, 7) is 4.74. The van der Waals surface area contributed by atoms with Crippen molar-refractivity contribution in [1.82, 2.24) is 5.32 Å². The average Bonchev–Trinajstić information content (AvgIpc) is 2.53. The Bertz CT molecular complexity index is 438.